The van der Waals surface area contributed by atoms with Crippen LogP contribution in [0.3, 0.4) is 0 Å². The summed E-state index contributed by atoms with van der Waals surface area (Å²) in [6.45, 7) is 3.18. The van der Waals surface area contributed by atoms with Crippen molar-refractivity contribution >= 4 is 24.0 Å². The average molecular weight is 472 g/mol. The fourth-order valence-corrected chi connectivity index (χ4v) is 3.31. The zero-order chi connectivity index (χ0) is 24.3. The quantitative estimate of drug-likeness (QED) is 0.0969. The van der Waals surface area contributed by atoms with Gasteiger partial charge in [-0.15, -0.1) is 0 Å². The third-order valence-corrected chi connectivity index (χ3v) is 5.05. The SMILES string of the molecule is CCCc1c(Cl)c(O)cc(O)c1C(=O)OC(C)CC/C(CO)=C(OC)/C(O)=C\CNC=O. The van der Waals surface area contributed by atoms with E-state index >= 15 is 0 Å². The second-order valence-electron chi connectivity index (χ2n) is 7.00. The van der Waals surface area contributed by atoms with Crippen molar-refractivity contribution in [1.29, 1.82) is 0 Å². The number of benzene rings is 1. The van der Waals surface area contributed by atoms with Crippen LogP contribution in [0.15, 0.2) is 29.2 Å². The minimum Gasteiger partial charge on any atom is -0.507 e. The maximum absolute atomic E-state index is 12.7. The number of methoxy groups -OCH3 is 1. The lowest BCUT2D eigenvalue weighted by molar-refractivity contribution is -0.109. The van der Waals surface area contributed by atoms with E-state index < -0.39 is 24.4 Å². The number of rotatable bonds is 13. The van der Waals surface area contributed by atoms with Gasteiger partial charge in [-0.2, -0.15) is 0 Å². The molecule has 1 rings (SSSR count). The van der Waals surface area contributed by atoms with Gasteiger partial charge in [0.15, 0.2) is 11.5 Å². The van der Waals surface area contributed by atoms with Crippen LogP contribution < -0.4 is 5.32 Å². The van der Waals surface area contributed by atoms with Gasteiger partial charge in [0.2, 0.25) is 6.41 Å². The second kappa shape index (κ2) is 13.5. The number of ether oxygens (including phenoxy) is 2. The Bertz CT molecular complexity index is 866. The first-order valence-electron chi connectivity index (χ1n) is 10.1. The lowest BCUT2D eigenvalue weighted by Crippen LogP contribution is -2.18. The minimum absolute atomic E-state index is 0.00850. The highest BCUT2D eigenvalue weighted by Gasteiger charge is 2.24. The highest BCUT2D eigenvalue weighted by Crippen LogP contribution is 2.37. The number of aliphatic hydroxyl groups excluding tert-OH is 2. The number of carbonyl (C=O) groups excluding carboxylic acids is 2. The number of hydrogen-bond donors (Lipinski definition) is 5. The fourth-order valence-electron chi connectivity index (χ4n) is 3.07. The molecule has 1 unspecified atom stereocenters. The molecule has 32 heavy (non-hydrogen) atoms. The third-order valence-electron chi connectivity index (χ3n) is 4.63. The van der Waals surface area contributed by atoms with Gasteiger partial charge in [-0.05, 0) is 37.8 Å². The van der Waals surface area contributed by atoms with Gasteiger partial charge in [0, 0.05) is 18.2 Å². The molecule has 1 amide bonds. The van der Waals surface area contributed by atoms with E-state index in [4.69, 9.17) is 21.1 Å². The molecule has 0 aliphatic heterocycles. The van der Waals surface area contributed by atoms with Crippen LogP contribution >= 0.6 is 11.6 Å². The number of aliphatic hydroxyl groups is 2. The maximum atomic E-state index is 12.7. The molecule has 178 valence electrons. The lowest BCUT2D eigenvalue weighted by atomic mass is 10.0. The number of carbonyl (C=O) groups is 2. The second-order valence-corrected chi connectivity index (χ2v) is 7.38. The number of phenols is 2. The topological polar surface area (TPSA) is 146 Å². The fraction of sp³-hybridized carbons (Fsp3) is 0.455. The molecule has 0 saturated heterocycles. The van der Waals surface area contributed by atoms with Gasteiger partial charge in [-0.25, -0.2) is 4.79 Å². The molecule has 9 nitrogen and oxygen atoms in total. The molecule has 1 atom stereocenters. The van der Waals surface area contributed by atoms with Crippen LogP contribution in [0.1, 0.15) is 49.0 Å². The lowest BCUT2D eigenvalue weighted by Gasteiger charge is -2.18. The summed E-state index contributed by atoms with van der Waals surface area (Å²) in [5, 5.41) is 42.2. The molecule has 1 aromatic rings. The summed E-state index contributed by atoms with van der Waals surface area (Å²) in [4.78, 5) is 23.0. The Kier molecular flexibility index (Phi) is 11.4. The predicted octanol–water partition coefficient (Wildman–Crippen LogP) is 3.11. The number of esters is 1. The van der Waals surface area contributed by atoms with Gasteiger partial charge in [0.05, 0.1) is 24.8 Å². The van der Waals surface area contributed by atoms with Crippen molar-refractivity contribution in [2.75, 3.05) is 20.3 Å². The summed E-state index contributed by atoms with van der Waals surface area (Å²) >= 11 is 6.11. The number of nitrogens with one attached hydrogen (secondary N) is 1. The number of phenolic OH excluding ortho intramolecular Hbond substituents is 2. The molecular formula is C22H30ClNO8. The van der Waals surface area contributed by atoms with E-state index in [9.17, 15) is 30.0 Å². The molecule has 0 spiro atoms. The van der Waals surface area contributed by atoms with E-state index in [1.54, 1.807) is 6.92 Å². The van der Waals surface area contributed by atoms with Crippen molar-refractivity contribution in [1.82, 2.24) is 5.32 Å². The van der Waals surface area contributed by atoms with E-state index in [2.05, 4.69) is 5.32 Å². The largest absolute Gasteiger partial charge is 0.507 e. The summed E-state index contributed by atoms with van der Waals surface area (Å²) in [5.74, 6) is -1.72. The van der Waals surface area contributed by atoms with Gasteiger partial charge >= 0.3 is 5.97 Å². The standard InChI is InChI=1S/C22H30ClNO8/c1-4-5-15-19(17(28)10-18(29)20(15)23)22(30)32-13(2)6-7-14(11-25)21(31-3)16(27)8-9-24-12-26/h8,10,12-13,25,27-29H,4-7,9,11H2,1-3H3,(H,24,26)/b16-8+,21-14+. The Morgan fingerprint density at radius 2 is 2.00 bits per heavy atom. The van der Waals surface area contributed by atoms with Crippen LogP contribution in [-0.4, -0.2) is 59.2 Å². The van der Waals surface area contributed by atoms with Crippen LogP contribution in [0.5, 0.6) is 11.5 Å². The first-order chi connectivity index (χ1) is 15.2. The van der Waals surface area contributed by atoms with Crippen LogP contribution in [-0.2, 0) is 20.7 Å². The van der Waals surface area contributed by atoms with Crippen molar-refractivity contribution in [2.45, 2.75) is 45.6 Å². The molecule has 0 fully saturated rings. The molecule has 1 aromatic carbocycles. The van der Waals surface area contributed by atoms with Crippen LogP contribution in [0.4, 0.5) is 0 Å². The average Bonchev–Trinajstić information content (AvgIpc) is 2.74. The number of aromatic hydroxyl groups is 2. The van der Waals surface area contributed by atoms with Crippen LogP contribution in [0, 0.1) is 0 Å². The van der Waals surface area contributed by atoms with E-state index in [-0.39, 0.29) is 47.2 Å². The van der Waals surface area contributed by atoms with Crippen molar-refractivity contribution in [3.05, 3.63) is 45.4 Å². The molecule has 0 aromatic heterocycles. The highest BCUT2D eigenvalue weighted by molar-refractivity contribution is 6.33. The summed E-state index contributed by atoms with van der Waals surface area (Å²) in [6.07, 6.45) is 2.68. The van der Waals surface area contributed by atoms with E-state index in [1.807, 2.05) is 6.92 Å². The zero-order valence-corrected chi connectivity index (χ0v) is 19.1. The first-order valence-corrected chi connectivity index (χ1v) is 10.5. The first kappa shape index (κ1) is 27.1. The van der Waals surface area contributed by atoms with Crippen LogP contribution in [0.2, 0.25) is 5.02 Å². The van der Waals surface area contributed by atoms with Gasteiger partial charge in [0.25, 0.3) is 0 Å². The normalized spacial score (nSPS) is 13.2. The Balaban J connectivity index is 2.97. The molecule has 0 saturated carbocycles. The summed E-state index contributed by atoms with van der Waals surface area (Å²) < 4.78 is 10.6. The number of hydrogen-bond acceptors (Lipinski definition) is 8. The van der Waals surface area contributed by atoms with Crippen molar-refractivity contribution < 1.29 is 39.5 Å². The van der Waals surface area contributed by atoms with Gasteiger partial charge in [-0.1, -0.05) is 24.9 Å². The predicted molar refractivity (Wildman–Crippen MR) is 119 cm³/mol. The molecule has 0 radical (unpaired) electrons. The molecule has 0 aliphatic carbocycles. The Morgan fingerprint density at radius 3 is 2.56 bits per heavy atom. The maximum Gasteiger partial charge on any atom is 0.342 e. The summed E-state index contributed by atoms with van der Waals surface area (Å²) in [5.41, 5.74) is 0.582. The monoisotopic (exact) mass is 471 g/mol. The molecule has 0 heterocycles. The van der Waals surface area contributed by atoms with Crippen molar-refractivity contribution in [3.63, 3.8) is 0 Å². The van der Waals surface area contributed by atoms with Gasteiger partial charge < -0.3 is 35.2 Å². The van der Waals surface area contributed by atoms with E-state index in [0.29, 0.717) is 30.4 Å². The third kappa shape index (κ3) is 7.35. The smallest absolute Gasteiger partial charge is 0.342 e. The van der Waals surface area contributed by atoms with Gasteiger partial charge in [-0.3, -0.25) is 4.79 Å². The molecule has 0 aliphatic rings. The molecule has 10 heteroatoms. The Labute approximate surface area is 191 Å². The van der Waals surface area contributed by atoms with E-state index in [0.717, 1.165) is 6.07 Å². The Hall–Kier alpha value is -2.91. The van der Waals surface area contributed by atoms with Crippen molar-refractivity contribution in [2.24, 2.45) is 0 Å². The van der Waals surface area contributed by atoms with Gasteiger partial charge in [0.1, 0.15) is 17.1 Å². The van der Waals surface area contributed by atoms with Crippen molar-refractivity contribution in [3.8, 4) is 11.5 Å². The molecule has 5 N–H and O–H groups in total. The highest BCUT2D eigenvalue weighted by atomic mass is 35.5. The van der Waals surface area contributed by atoms with E-state index in [1.165, 1.54) is 13.2 Å². The van der Waals surface area contributed by atoms with Crippen LogP contribution in [0.25, 0.3) is 0 Å². The Morgan fingerprint density at radius 1 is 1.31 bits per heavy atom. The minimum atomic E-state index is -0.787. The zero-order valence-electron chi connectivity index (χ0n) is 18.4. The number of amides is 1. The molecular weight excluding hydrogens is 442 g/mol. The number of halogens is 1. The summed E-state index contributed by atoms with van der Waals surface area (Å²) in [7, 11) is 1.33. The summed E-state index contributed by atoms with van der Waals surface area (Å²) in [6, 6.07) is 0.995. The molecule has 0 bridgehead atoms.